The van der Waals surface area contributed by atoms with E-state index in [0.717, 1.165) is 16.8 Å². The van der Waals surface area contributed by atoms with Crippen molar-refractivity contribution >= 4 is 17.5 Å². The average molecular weight is 345 g/mol. The molecule has 0 saturated carbocycles. The van der Waals surface area contributed by atoms with Crippen LogP contribution in [0.2, 0.25) is 0 Å². The molecule has 6 heteroatoms. The van der Waals surface area contributed by atoms with Crippen LogP contribution in [0.25, 0.3) is 0 Å². The van der Waals surface area contributed by atoms with Crippen LogP contribution in [0, 0.1) is 18.3 Å². The predicted octanol–water partition coefficient (Wildman–Crippen LogP) is 3.55. The summed E-state index contributed by atoms with van der Waals surface area (Å²) in [5, 5.41) is 25.5. The predicted molar refractivity (Wildman–Crippen MR) is 101 cm³/mol. The molecule has 0 radical (unpaired) electrons. The van der Waals surface area contributed by atoms with E-state index in [4.69, 9.17) is 5.26 Å². The van der Waals surface area contributed by atoms with E-state index in [1.165, 1.54) is 0 Å². The van der Waals surface area contributed by atoms with Crippen LogP contribution in [0.4, 0.5) is 17.5 Å². The molecule has 6 nitrogen and oxygen atoms in total. The Morgan fingerprint density at radius 3 is 2.81 bits per heavy atom. The minimum absolute atomic E-state index is 0.337. The molecular weight excluding hydrogens is 326 g/mol. The molecule has 0 aliphatic carbocycles. The van der Waals surface area contributed by atoms with Crippen molar-refractivity contribution in [3.05, 3.63) is 77.5 Å². The van der Waals surface area contributed by atoms with Crippen LogP contribution >= 0.6 is 0 Å². The highest BCUT2D eigenvalue weighted by Gasteiger charge is 2.08. The fourth-order valence-corrected chi connectivity index (χ4v) is 2.51. The molecule has 2 aromatic carbocycles. The summed E-state index contributed by atoms with van der Waals surface area (Å²) in [5.74, 6) is 1.01. The SMILES string of the molecule is Cc1cccc(C(O)CNc2ccnc(Nc3cccc(C#N)c3)n2)c1. The molecule has 3 N–H and O–H groups in total. The smallest absolute Gasteiger partial charge is 0.229 e. The first-order chi connectivity index (χ1) is 12.6. The van der Waals surface area contributed by atoms with Crippen molar-refractivity contribution in [2.75, 3.05) is 17.2 Å². The second-order valence-corrected chi connectivity index (χ2v) is 5.89. The molecule has 0 saturated heterocycles. The van der Waals surface area contributed by atoms with Crippen LogP contribution in [0.1, 0.15) is 22.8 Å². The zero-order chi connectivity index (χ0) is 18.4. The van der Waals surface area contributed by atoms with E-state index in [9.17, 15) is 5.11 Å². The maximum atomic E-state index is 10.3. The number of aliphatic hydroxyl groups excluding tert-OH is 1. The molecule has 0 fully saturated rings. The van der Waals surface area contributed by atoms with Gasteiger partial charge >= 0.3 is 0 Å². The van der Waals surface area contributed by atoms with E-state index < -0.39 is 6.10 Å². The van der Waals surface area contributed by atoms with E-state index in [0.29, 0.717) is 23.9 Å². The van der Waals surface area contributed by atoms with E-state index in [1.807, 2.05) is 37.3 Å². The van der Waals surface area contributed by atoms with Crippen molar-refractivity contribution in [2.45, 2.75) is 13.0 Å². The van der Waals surface area contributed by atoms with Gasteiger partial charge in [-0.15, -0.1) is 0 Å². The number of nitrogens with one attached hydrogen (secondary N) is 2. The molecule has 1 atom stereocenters. The lowest BCUT2D eigenvalue weighted by atomic mass is 10.1. The highest BCUT2D eigenvalue weighted by atomic mass is 16.3. The highest BCUT2D eigenvalue weighted by molar-refractivity contribution is 5.57. The summed E-state index contributed by atoms with van der Waals surface area (Å²) < 4.78 is 0. The summed E-state index contributed by atoms with van der Waals surface area (Å²) in [7, 11) is 0. The number of rotatable bonds is 6. The number of anilines is 3. The Labute approximate surface area is 152 Å². The lowest BCUT2D eigenvalue weighted by Gasteiger charge is -2.14. The zero-order valence-electron chi connectivity index (χ0n) is 14.3. The summed E-state index contributed by atoms with van der Waals surface area (Å²) in [6.07, 6.45) is 0.999. The molecule has 0 amide bonds. The monoisotopic (exact) mass is 345 g/mol. The molecule has 0 spiro atoms. The molecule has 26 heavy (non-hydrogen) atoms. The average Bonchev–Trinajstić information content (AvgIpc) is 2.66. The van der Waals surface area contributed by atoms with E-state index >= 15 is 0 Å². The van der Waals surface area contributed by atoms with Crippen molar-refractivity contribution in [3.8, 4) is 6.07 Å². The summed E-state index contributed by atoms with van der Waals surface area (Å²) in [6, 6.07) is 18.7. The normalized spacial score (nSPS) is 11.4. The molecule has 1 unspecified atom stereocenters. The number of nitriles is 1. The van der Waals surface area contributed by atoms with Gasteiger partial charge < -0.3 is 15.7 Å². The van der Waals surface area contributed by atoms with Crippen LogP contribution < -0.4 is 10.6 Å². The van der Waals surface area contributed by atoms with Gasteiger partial charge in [0.25, 0.3) is 0 Å². The van der Waals surface area contributed by atoms with Crippen molar-refractivity contribution in [1.82, 2.24) is 9.97 Å². The standard InChI is InChI=1S/C20H19N5O/c1-14-4-2-6-16(10-14)18(26)13-23-19-8-9-22-20(25-19)24-17-7-3-5-15(11-17)12-21/h2-11,18,26H,13H2,1H3,(H2,22,23,24,25). The van der Waals surface area contributed by atoms with Gasteiger partial charge in [0.15, 0.2) is 0 Å². The minimum atomic E-state index is -0.631. The van der Waals surface area contributed by atoms with E-state index in [2.05, 4.69) is 26.7 Å². The molecular formula is C20H19N5O. The zero-order valence-corrected chi connectivity index (χ0v) is 14.3. The van der Waals surface area contributed by atoms with Gasteiger partial charge in [0.2, 0.25) is 5.95 Å². The van der Waals surface area contributed by atoms with E-state index in [1.54, 1.807) is 30.5 Å². The van der Waals surface area contributed by atoms with Crippen molar-refractivity contribution in [1.29, 1.82) is 5.26 Å². The van der Waals surface area contributed by atoms with Gasteiger partial charge in [-0.25, -0.2) is 4.98 Å². The first-order valence-corrected chi connectivity index (χ1v) is 8.23. The Morgan fingerprint density at radius 1 is 1.15 bits per heavy atom. The Kier molecular flexibility index (Phi) is 5.42. The number of aryl methyl sites for hydroxylation is 1. The Hall–Kier alpha value is -3.43. The minimum Gasteiger partial charge on any atom is -0.387 e. The summed E-state index contributed by atoms with van der Waals surface area (Å²) >= 11 is 0. The fourth-order valence-electron chi connectivity index (χ4n) is 2.51. The largest absolute Gasteiger partial charge is 0.387 e. The van der Waals surface area contributed by atoms with Crippen LogP contribution in [-0.2, 0) is 0 Å². The third-order valence-electron chi connectivity index (χ3n) is 3.81. The summed E-state index contributed by atoms with van der Waals surface area (Å²) in [5.41, 5.74) is 3.26. The maximum absolute atomic E-state index is 10.3. The van der Waals surface area contributed by atoms with Gasteiger partial charge in [-0.3, -0.25) is 0 Å². The van der Waals surface area contributed by atoms with Crippen LogP contribution in [0.5, 0.6) is 0 Å². The molecule has 3 rings (SSSR count). The quantitative estimate of drug-likeness (QED) is 0.632. The van der Waals surface area contributed by atoms with Gasteiger partial charge in [0.1, 0.15) is 5.82 Å². The lowest BCUT2D eigenvalue weighted by molar-refractivity contribution is 0.191. The molecule has 1 heterocycles. The molecule has 1 aromatic heterocycles. The first kappa shape index (κ1) is 17.4. The molecule has 0 bridgehead atoms. The van der Waals surface area contributed by atoms with E-state index in [-0.39, 0.29) is 0 Å². The molecule has 3 aromatic rings. The van der Waals surface area contributed by atoms with Gasteiger partial charge in [-0.2, -0.15) is 10.2 Å². The molecule has 0 aliphatic heterocycles. The molecule has 130 valence electrons. The van der Waals surface area contributed by atoms with Crippen molar-refractivity contribution < 1.29 is 5.11 Å². The second kappa shape index (κ2) is 8.10. The van der Waals surface area contributed by atoms with Crippen LogP contribution in [-0.4, -0.2) is 21.6 Å². The van der Waals surface area contributed by atoms with Gasteiger partial charge in [-0.1, -0.05) is 35.9 Å². The fraction of sp³-hybridized carbons (Fsp3) is 0.150. The van der Waals surface area contributed by atoms with Crippen molar-refractivity contribution in [2.24, 2.45) is 0 Å². The summed E-state index contributed by atoms with van der Waals surface area (Å²) in [4.78, 5) is 8.56. The van der Waals surface area contributed by atoms with Gasteiger partial charge in [0, 0.05) is 18.4 Å². The van der Waals surface area contributed by atoms with Crippen LogP contribution in [0.15, 0.2) is 60.8 Å². The number of benzene rings is 2. The third kappa shape index (κ3) is 4.56. The van der Waals surface area contributed by atoms with Gasteiger partial charge in [-0.05, 0) is 36.8 Å². The maximum Gasteiger partial charge on any atom is 0.229 e. The van der Waals surface area contributed by atoms with Gasteiger partial charge in [0.05, 0.1) is 17.7 Å². The topological polar surface area (TPSA) is 93.9 Å². The number of hydrogen-bond acceptors (Lipinski definition) is 6. The first-order valence-electron chi connectivity index (χ1n) is 8.23. The lowest BCUT2D eigenvalue weighted by Crippen LogP contribution is -2.13. The Bertz CT molecular complexity index is 935. The third-order valence-corrected chi connectivity index (χ3v) is 3.81. The molecule has 0 aliphatic rings. The Morgan fingerprint density at radius 2 is 2.00 bits per heavy atom. The van der Waals surface area contributed by atoms with Crippen molar-refractivity contribution in [3.63, 3.8) is 0 Å². The summed E-state index contributed by atoms with van der Waals surface area (Å²) in [6.45, 7) is 2.33. The number of hydrogen-bond donors (Lipinski definition) is 3. The number of nitrogens with zero attached hydrogens (tertiary/aromatic N) is 3. The Balaban J connectivity index is 1.64. The number of aromatic nitrogens is 2. The second-order valence-electron chi connectivity index (χ2n) is 5.89. The number of aliphatic hydroxyl groups is 1. The van der Waals surface area contributed by atoms with Crippen LogP contribution in [0.3, 0.4) is 0 Å². The highest BCUT2D eigenvalue weighted by Crippen LogP contribution is 2.17.